The van der Waals surface area contributed by atoms with Crippen LogP contribution in [0.15, 0.2) is 23.4 Å². The first-order valence-corrected chi connectivity index (χ1v) is 7.31. The number of nitrogen functional groups attached to an aromatic ring is 1. The molecule has 108 valence electrons. The number of pyridine rings is 1. The van der Waals surface area contributed by atoms with Crippen molar-refractivity contribution in [3.63, 3.8) is 0 Å². The quantitative estimate of drug-likeness (QED) is 0.557. The smallest absolute Gasteiger partial charge is 0.263 e. The van der Waals surface area contributed by atoms with Gasteiger partial charge in [-0.05, 0) is 26.0 Å². The SMILES string of the molecule is COCCN(C(C)C)S(=O)(=O)c1ncccc1NN. The van der Waals surface area contributed by atoms with Crippen molar-refractivity contribution < 1.29 is 13.2 Å². The van der Waals surface area contributed by atoms with E-state index >= 15 is 0 Å². The van der Waals surface area contributed by atoms with E-state index in [9.17, 15) is 8.42 Å². The first-order chi connectivity index (χ1) is 8.95. The minimum absolute atomic E-state index is 0.0812. The van der Waals surface area contributed by atoms with Gasteiger partial charge in [0.1, 0.15) is 0 Å². The van der Waals surface area contributed by atoms with Crippen LogP contribution in [0.5, 0.6) is 0 Å². The Morgan fingerprint density at radius 3 is 2.74 bits per heavy atom. The Hall–Kier alpha value is -1.22. The molecule has 7 nitrogen and oxygen atoms in total. The van der Waals surface area contributed by atoms with Crippen LogP contribution < -0.4 is 11.3 Å². The van der Waals surface area contributed by atoms with Gasteiger partial charge in [-0.1, -0.05) is 0 Å². The average Bonchev–Trinajstić information content (AvgIpc) is 2.38. The van der Waals surface area contributed by atoms with E-state index in [1.165, 1.54) is 17.6 Å². The van der Waals surface area contributed by atoms with E-state index in [0.29, 0.717) is 6.61 Å². The summed E-state index contributed by atoms with van der Waals surface area (Å²) in [6, 6.07) is 2.98. The van der Waals surface area contributed by atoms with E-state index in [-0.39, 0.29) is 23.3 Å². The minimum atomic E-state index is -3.72. The molecule has 0 bridgehead atoms. The second-order valence-corrected chi connectivity index (χ2v) is 6.01. The molecule has 0 aliphatic rings. The van der Waals surface area contributed by atoms with Crippen LogP contribution in [-0.2, 0) is 14.8 Å². The fourth-order valence-corrected chi connectivity index (χ4v) is 3.35. The van der Waals surface area contributed by atoms with Crippen LogP contribution in [0.1, 0.15) is 13.8 Å². The second kappa shape index (κ2) is 6.80. The number of hydrogen-bond donors (Lipinski definition) is 2. The summed E-state index contributed by atoms with van der Waals surface area (Å²) < 4.78 is 31.4. The Kier molecular flexibility index (Phi) is 5.67. The van der Waals surface area contributed by atoms with Crippen LogP contribution in [0.2, 0.25) is 0 Å². The van der Waals surface area contributed by atoms with Crippen molar-refractivity contribution in [2.24, 2.45) is 5.84 Å². The molecule has 0 radical (unpaired) electrons. The third kappa shape index (κ3) is 3.63. The first-order valence-electron chi connectivity index (χ1n) is 5.87. The summed E-state index contributed by atoms with van der Waals surface area (Å²) in [7, 11) is -2.19. The first kappa shape index (κ1) is 15.8. The number of nitrogens with zero attached hydrogens (tertiary/aromatic N) is 2. The van der Waals surface area contributed by atoms with E-state index in [4.69, 9.17) is 10.6 Å². The monoisotopic (exact) mass is 288 g/mol. The third-order valence-electron chi connectivity index (χ3n) is 2.57. The topological polar surface area (TPSA) is 97.5 Å². The lowest BCUT2D eigenvalue weighted by atomic mass is 10.4. The Bertz CT molecular complexity index is 504. The highest BCUT2D eigenvalue weighted by molar-refractivity contribution is 7.89. The lowest BCUT2D eigenvalue weighted by Gasteiger charge is -2.25. The molecule has 1 heterocycles. The molecular formula is C11H20N4O3S. The molecule has 19 heavy (non-hydrogen) atoms. The molecule has 1 aromatic heterocycles. The molecule has 3 N–H and O–H groups in total. The van der Waals surface area contributed by atoms with Crippen molar-refractivity contribution in [2.75, 3.05) is 25.7 Å². The van der Waals surface area contributed by atoms with Gasteiger partial charge in [-0.3, -0.25) is 5.84 Å². The molecule has 0 spiro atoms. The average molecular weight is 288 g/mol. The van der Waals surface area contributed by atoms with Gasteiger partial charge in [0, 0.05) is 25.9 Å². The number of hydrogen-bond acceptors (Lipinski definition) is 6. The predicted octanol–water partition coefficient (Wildman–Crippen LogP) is 0.413. The van der Waals surface area contributed by atoms with Gasteiger partial charge in [0.05, 0.1) is 12.3 Å². The number of sulfonamides is 1. The molecule has 1 rings (SSSR count). The fourth-order valence-electron chi connectivity index (χ4n) is 1.65. The number of nitrogens with two attached hydrogens (primary N) is 1. The van der Waals surface area contributed by atoms with Gasteiger partial charge in [0.25, 0.3) is 10.0 Å². The molecule has 0 unspecified atom stereocenters. The highest BCUT2D eigenvalue weighted by Crippen LogP contribution is 2.22. The van der Waals surface area contributed by atoms with Crippen LogP contribution in [-0.4, -0.2) is 44.0 Å². The minimum Gasteiger partial charge on any atom is -0.383 e. The van der Waals surface area contributed by atoms with E-state index < -0.39 is 10.0 Å². The summed E-state index contributed by atoms with van der Waals surface area (Å²) in [5.74, 6) is 5.33. The molecule has 0 fully saturated rings. The third-order valence-corrected chi connectivity index (χ3v) is 4.61. The maximum absolute atomic E-state index is 12.6. The van der Waals surface area contributed by atoms with Gasteiger partial charge in [0.2, 0.25) is 0 Å². The van der Waals surface area contributed by atoms with Gasteiger partial charge in [-0.15, -0.1) is 0 Å². The standard InChI is InChI=1S/C11H20N4O3S/c1-9(2)15(7-8-18-3)19(16,17)11-10(14-12)5-4-6-13-11/h4-6,9,14H,7-8,12H2,1-3H3. The molecular weight excluding hydrogens is 268 g/mol. The second-order valence-electron chi connectivity index (χ2n) is 4.20. The number of aromatic nitrogens is 1. The molecule has 8 heteroatoms. The zero-order valence-electron chi connectivity index (χ0n) is 11.3. The van der Waals surface area contributed by atoms with Crippen LogP contribution in [0.3, 0.4) is 0 Å². The zero-order valence-corrected chi connectivity index (χ0v) is 12.1. The number of methoxy groups -OCH3 is 1. The Balaban J connectivity index is 3.19. The normalized spacial score (nSPS) is 12.1. The van der Waals surface area contributed by atoms with E-state index in [2.05, 4.69) is 10.4 Å². The van der Waals surface area contributed by atoms with E-state index in [1.54, 1.807) is 26.0 Å². The molecule has 0 aromatic carbocycles. The Labute approximate surface area is 113 Å². The van der Waals surface area contributed by atoms with Gasteiger partial charge in [-0.25, -0.2) is 13.4 Å². The largest absolute Gasteiger partial charge is 0.383 e. The van der Waals surface area contributed by atoms with Crippen molar-refractivity contribution in [3.05, 3.63) is 18.3 Å². The van der Waals surface area contributed by atoms with Crippen molar-refractivity contribution in [1.29, 1.82) is 0 Å². The summed E-state index contributed by atoms with van der Waals surface area (Å²) in [6.07, 6.45) is 1.42. The number of anilines is 1. The molecule has 0 saturated heterocycles. The Morgan fingerprint density at radius 2 is 2.21 bits per heavy atom. The molecule has 0 aliphatic carbocycles. The maximum Gasteiger partial charge on any atom is 0.263 e. The highest BCUT2D eigenvalue weighted by Gasteiger charge is 2.30. The summed E-state index contributed by atoms with van der Waals surface area (Å²) in [5.41, 5.74) is 2.62. The predicted molar refractivity (Wildman–Crippen MR) is 73.0 cm³/mol. The van der Waals surface area contributed by atoms with Crippen molar-refractivity contribution in [3.8, 4) is 0 Å². The van der Waals surface area contributed by atoms with E-state index in [0.717, 1.165) is 0 Å². The Morgan fingerprint density at radius 1 is 1.53 bits per heavy atom. The van der Waals surface area contributed by atoms with Gasteiger partial charge < -0.3 is 10.2 Å². The molecule has 0 amide bonds. The van der Waals surface area contributed by atoms with E-state index in [1.807, 2.05) is 0 Å². The summed E-state index contributed by atoms with van der Waals surface area (Å²) in [6.45, 7) is 4.17. The summed E-state index contributed by atoms with van der Waals surface area (Å²) in [4.78, 5) is 3.92. The fraction of sp³-hybridized carbons (Fsp3) is 0.545. The number of rotatable bonds is 7. The lowest BCUT2D eigenvalue weighted by molar-refractivity contribution is 0.170. The molecule has 1 aromatic rings. The van der Waals surface area contributed by atoms with Crippen molar-refractivity contribution in [1.82, 2.24) is 9.29 Å². The number of ether oxygens (including phenoxy) is 1. The summed E-state index contributed by atoms with van der Waals surface area (Å²) in [5, 5.41) is -0.0812. The summed E-state index contributed by atoms with van der Waals surface area (Å²) >= 11 is 0. The van der Waals surface area contributed by atoms with Crippen molar-refractivity contribution >= 4 is 15.7 Å². The van der Waals surface area contributed by atoms with Crippen molar-refractivity contribution in [2.45, 2.75) is 24.9 Å². The molecule has 0 atom stereocenters. The zero-order chi connectivity index (χ0) is 14.5. The van der Waals surface area contributed by atoms with Gasteiger partial charge >= 0.3 is 0 Å². The molecule has 0 saturated carbocycles. The van der Waals surface area contributed by atoms with Crippen LogP contribution in [0.25, 0.3) is 0 Å². The molecule has 0 aliphatic heterocycles. The highest BCUT2D eigenvalue weighted by atomic mass is 32.2. The maximum atomic E-state index is 12.6. The lowest BCUT2D eigenvalue weighted by Crippen LogP contribution is -2.40. The van der Waals surface area contributed by atoms with Crippen LogP contribution >= 0.6 is 0 Å². The van der Waals surface area contributed by atoms with Crippen LogP contribution in [0.4, 0.5) is 5.69 Å². The number of hydrazine groups is 1. The van der Waals surface area contributed by atoms with Gasteiger partial charge in [-0.2, -0.15) is 4.31 Å². The van der Waals surface area contributed by atoms with Gasteiger partial charge in [0.15, 0.2) is 5.03 Å². The number of nitrogens with one attached hydrogen (secondary N) is 1. The van der Waals surface area contributed by atoms with Crippen LogP contribution in [0, 0.1) is 0 Å².